The number of aromatic nitrogens is 4. The number of ketones is 1. The van der Waals surface area contributed by atoms with Crippen molar-refractivity contribution in [2.24, 2.45) is 0 Å². The Balaban J connectivity index is 1.29. The van der Waals surface area contributed by atoms with Crippen molar-refractivity contribution in [1.29, 1.82) is 0 Å². The quantitative estimate of drug-likeness (QED) is 0.159. The summed E-state index contributed by atoms with van der Waals surface area (Å²) < 4.78 is 19.6. The number of ether oxygens (including phenoxy) is 3. The molecule has 1 aliphatic rings. The van der Waals surface area contributed by atoms with Gasteiger partial charge in [-0.3, -0.25) is 9.36 Å². The van der Waals surface area contributed by atoms with Crippen LogP contribution in [0.3, 0.4) is 0 Å². The summed E-state index contributed by atoms with van der Waals surface area (Å²) in [5.41, 5.74) is 4.28. The van der Waals surface area contributed by atoms with Gasteiger partial charge in [0.2, 0.25) is 0 Å². The number of carbonyl (C=O) groups is 1. The van der Waals surface area contributed by atoms with Crippen LogP contribution in [-0.4, -0.2) is 44.6 Å². The third kappa shape index (κ3) is 5.64. The Morgan fingerprint density at radius 1 is 0.809 bits per heavy atom. The summed E-state index contributed by atoms with van der Waals surface area (Å²) in [6.45, 7) is 2.16. The number of carbonyl (C=O) groups excluding carboxylic acids is 1. The Bertz CT molecular complexity index is 1850. The highest BCUT2D eigenvalue weighted by Gasteiger charge is 2.45. The van der Waals surface area contributed by atoms with Crippen molar-refractivity contribution in [2.75, 3.05) is 12.4 Å². The van der Waals surface area contributed by atoms with Crippen LogP contribution in [0.5, 0.6) is 5.75 Å². The molecule has 1 saturated heterocycles. The van der Waals surface area contributed by atoms with E-state index in [9.17, 15) is 4.79 Å². The van der Waals surface area contributed by atoms with Gasteiger partial charge in [0.25, 0.3) is 0 Å². The van der Waals surface area contributed by atoms with Crippen molar-refractivity contribution in [2.45, 2.75) is 43.9 Å². The lowest BCUT2D eigenvalue weighted by atomic mass is 9.77. The molecular weight excluding hydrogens is 590 g/mol. The van der Waals surface area contributed by atoms with Gasteiger partial charge < -0.3 is 19.5 Å². The van der Waals surface area contributed by atoms with Crippen molar-refractivity contribution in [3.05, 3.63) is 150 Å². The third-order valence-corrected chi connectivity index (χ3v) is 8.68. The smallest absolute Gasteiger partial charge is 0.194 e. The second-order valence-electron chi connectivity index (χ2n) is 11.4. The summed E-state index contributed by atoms with van der Waals surface area (Å²) >= 11 is 0. The highest BCUT2D eigenvalue weighted by atomic mass is 16.6. The molecule has 2 aromatic heterocycles. The van der Waals surface area contributed by atoms with Crippen molar-refractivity contribution in [3.63, 3.8) is 0 Å². The average molecular weight is 626 g/mol. The molecule has 0 spiro atoms. The number of nitrogens with one attached hydrogen (secondary N) is 1. The van der Waals surface area contributed by atoms with E-state index in [1.54, 1.807) is 18.0 Å². The molecule has 9 heteroatoms. The Morgan fingerprint density at radius 3 is 1.96 bits per heavy atom. The molecule has 0 aliphatic carbocycles. The van der Waals surface area contributed by atoms with Gasteiger partial charge in [0.15, 0.2) is 35.1 Å². The molecule has 0 saturated carbocycles. The number of fused-ring (bicyclic) bond motifs is 1. The van der Waals surface area contributed by atoms with Crippen LogP contribution in [0, 0.1) is 0 Å². The number of hydrogen-bond acceptors (Lipinski definition) is 8. The number of rotatable bonds is 11. The van der Waals surface area contributed by atoms with Gasteiger partial charge in [0.1, 0.15) is 23.7 Å². The SMILES string of the molecule is CC[C@H]1O[C@@H](n2cnc3c(NC(c4ccccc4)(c4ccccc4)c4ccccc4)ncnc32)[C@@H](OCc2ccc(OC)cc2)C1=O. The maximum Gasteiger partial charge on any atom is 0.194 e. The topological polar surface area (TPSA) is 100 Å². The van der Waals surface area contributed by atoms with Gasteiger partial charge in [0, 0.05) is 0 Å². The molecule has 0 radical (unpaired) electrons. The number of methoxy groups -OCH3 is 1. The Labute approximate surface area is 273 Å². The molecule has 236 valence electrons. The molecule has 0 unspecified atom stereocenters. The standard InChI is InChI=1S/C38H35N5O4/c1-3-31-33(44)34(46-23-26-19-21-30(45-2)22-20-26)37(47-31)43-25-41-32-35(39-24-40-36(32)43)42-38(27-13-7-4-8-14-27,28-15-9-5-10-16-28)29-17-11-6-12-18-29/h4-22,24-25,31,34,37H,3,23H2,1-2H3,(H,39,40,42)/t31-,34+,37-/m1/s1. The molecule has 6 aromatic rings. The van der Waals surface area contributed by atoms with E-state index in [2.05, 4.69) is 46.7 Å². The van der Waals surface area contributed by atoms with Crippen molar-refractivity contribution < 1.29 is 19.0 Å². The van der Waals surface area contributed by atoms with E-state index >= 15 is 0 Å². The van der Waals surface area contributed by atoms with Gasteiger partial charge in [-0.2, -0.15) is 0 Å². The molecular formula is C38H35N5O4. The zero-order valence-electron chi connectivity index (χ0n) is 26.2. The van der Waals surface area contributed by atoms with Crippen molar-refractivity contribution in [1.82, 2.24) is 19.5 Å². The van der Waals surface area contributed by atoms with E-state index in [1.165, 1.54) is 6.33 Å². The van der Waals surface area contributed by atoms with Gasteiger partial charge in [-0.05, 0) is 40.8 Å². The fourth-order valence-electron chi connectivity index (χ4n) is 6.30. The zero-order valence-corrected chi connectivity index (χ0v) is 26.2. The van der Waals surface area contributed by atoms with Crippen LogP contribution in [-0.2, 0) is 26.4 Å². The lowest BCUT2D eigenvalue weighted by Gasteiger charge is -2.37. The van der Waals surface area contributed by atoms with Crippen LogP contribution in [0.4, 0.5) is 5.82 Å². The number of imidazole rings is 1. The van der Waals surface area contributed by atoms with Gasteiger partial charge >= 0.3 is 0 Å². The predicted octanol–water partition coefficient (Wildman–Crippen LogP) is 6.70. The van der Waals surface area contributed by atoms with Crippen LogP contribution < -0.4 is 10.1 Å². The first-order valence-corrected chi connectivity index (χ1v) is 15.7. The third-order valence-electron chi connectivity index (χ3n) is 8.68. The van der Waals surface area contributed by atoms with Crippen LogP contribution in [0.25, 0.3) is 11.2 Å². The largest absolute Gasteiger partial charge is 0.497 e. The monoisotopic (exact) mass is 625 g/mol. The van der Waals surface area contributed by atoms with Crippen LogP contribution >= 0.6 is 0 Å². The fourth-order valence-corrected chi connectivity index (χ4v) is 6.30. The van der Waals surface area contributed by atoms with Crippen molar-refractivity contribution in [3.8, 4) is 5.75 Å². The zero-order chi connectivity index (χ0) is 32.2. The molecule has 3 atom stereocenters. The molecule has 9 nitrogen and oxygen atoms in total. The van der Waals surface area contributed by atoms with Gasteiger partial charge in [0.05, 0.1) is 20.0 Å². The lowest BCUT2D eigenvalue weighted by molar-refractivity contribution is -0.130. The number of anilines is 1. The predicted molar refractivity (Wildman–Crippen MR) is 179 cm³/mol. The molecule has 1 fully saturated rings. The molecule has 47 heavy (non-hydrogen) atoms. The number of benzene rings is 4. The number of nitrogens with zero attached hydrogens (tertiary/aromatic N) is 4. The summed E-state index contributed by atoms with van der Waals surface area (Å²) in [7, 11) is 1.63. The molecule has 3 heterocycles. The molecule has 1 aliphatic heterocycles. The minimum Gasteiger partial charge on any atom is -0.497 e. The maximum atomic E-state index is 13.5. The second-order valence-corrected chi connectivity index (χ2v) is 11.4. The van der Waals surface area contributed by atoms with E-state index < -0.39 is 24.0 Å². The average Bonchev–Trinajstić information content (AvgIpc) is 3.71. The van der Waals surface area contributed by atoms with E-state index in [0.717, 1.165) is 28.0 Å². The Morgan fingerprint density at radius 2 is 1.40 bits per heavy atom. The first-order valence-electron chi connectivity index (χ1n) is 15.7. The van der Waals surface area contributed by atoms with Gasteiger partial charge in [-0.15, -0.1) is 0 Å². The molecule has 0 bridgehead atoms. The molecule has 7 rings (SSSR count). The first-order chi connectivity index (χ1) is 23.1. The van der Waals surface area contributed by atoms with Gasteiger partial charge in [-0.1, -0.05) is 110 Å². The van der Waals surface area contributed by atoms with E-state index in [1.807, 2.05) is 85.8 Å². The minimum absolute atomic E-state index is 0.100. The summed E-state index contributed by atoms with van der Waals surface area (Å²) in [5.74, 6) is 1.19. The fraction of sp³-hybridized carbons (Fsp3) is 0.211. The van der Waals surface area contributed by atoms with E-state index in [4.69, 9.17) is 24.2 Å². The lowest BCUT2D eigenvalue weighted by Crippen LogP contribution is -2.38. The van der Waals surface area contributed by atoms with E-state index in [-0.39, 0.29) is 12.4 Å². The summed E-state index contributed by atoms with van der Waals surface area (Å²) in [6.07, 6.45) is 1.50. The summed E-state index contributed by atoms with van der Waals surface area (Å²) in [4.78, 5) is 27.6. The van der Waals surface area contributed by atoms with E-state index in [0.29, 0.717) is 23.4 Å². The number of Topliss-reactive ketones (excluding diaryl/α,β-unsaturated/α-hetero) is 1. The minimum atomic E-state index is -0.845. The Hall–Kier alpha value is -5.38. The second kappa shape index (κ2) is 13.2. The number of hydrogen-bond donors (Lipinski definition) is 1. The van der Waals surface area contributed by atoms with Crippen LogP contribution in [0.1, 0.15) is 41.8 Å². The normalized spacial score (nSPS) is 18.0. The van der Waals surface area contributed by atoms with Crippen LogP contribution in [0.2, 0.25) is 0 Å². The summed E-state index contributed by atoms with van der Waals surface area (Å²) in [5, 5.41) is 3.81. The Kier molecular flexibility index (Phi) is 8.48. The highest BCUT2D eigenvalue weighted by molar-refractivity contribution is 5.90. The molecule has 4 aromatic carbocycles. The summed E-state index contributed by atoms with van der Waals surface area (Å²) in [6, 6.07) is 38.5. The first kappa shape index (κ1) is 30.3. The highest BCUT2D eigenvalue weighted by Crippen LogP contribution is 2.41. The molecule has 1 N–H and O–H groups in total. The van der Waals surface area contributed by atoms with Crippen molar-refractivity contribution >= 4 is 22.8 Å². The van der Waals surface area contributed by atoms with Gasteiger partial charge in [-0.25, -0.2) is 15.0 Å². The van der Waals surface area contributed by atoms with Crippen LogP contribution in [0.15, 0.2) is 128 Å². The maximum absolute atomic E-state index is 13.5. The molecule has 0 amide bonds.